The van der Waals surface area contributed by atoms with Gasteiger partial charge >= 0.3 is 6.03 Å². The van der Waals surface area contributed by atoms with Crippen LogP contribution in [-0.4, -0.2) is 25.9 Å². The van der Waals surface area contributed by atoms with Crippen LogP contribution in [0.2, 0.25) is 0 Å². The smallest absolute Gasteiger partial charge is 0.328 e. The quantitative estimate of drug-likeness (QED) is 0.467. The van der Waals surface area contributed by atoms with Crippen molar-refractivity contribution < 1.29 is 18.1 Å². The van der Waals surface area contributed by atoms with Gasteiger partial charge in [-0.05, 0) is 12.5 Å². The fraction of sp³-hybridized carbons (Fsp3) is 0.364. The number of nitrogens with zero attached hydrogens (tertiary/aromatic N) is 1. The molecule has 0 heterocycles. The van der Waals surface area contributed by atoms with Gasteiger partial charge in [0, 0.05) is 12.6 Å². The van der Waals surface area contributed by atoms with E-state index in [-0.39, 0.29) is 0 Å². The molecule has 0 saturated heterocycles. The highest BCUT2D eigenvalue weighted by Crippen LogP contribution is 2.22. The van der Waals surface area contributed by atoms with Crippen molar-refractivity contribution in [1.82, 2.24) is 10.0 Å². The number of para-hydroxylation sites is 1. The van der Waals surface area contributed by atoms with E-state index < -0.39 is 31.6 Å². The van der Waals surface area contributed by atoms with Gasteiger partial charge in [0.1, 0.15) is 0 Å². The van der Waals surface area contributed by atoms with Crippen molar-refractivity contribution >= 4 is 21.7 Å². The molecule has 1 aromatic carbocycles. The molecule has 2 N–H and O–H groups in total. The Morgan fingerprint density at radius 1 is 1.35 bits per heavy atom. The van der Waals surface area contributed by atoms with Crippen LogP contribution in [0.4, 0.5) is 10.5 Å². The number of sulfonamides is 1. The van der Waals surface area contributed by atoms with Gasteiger partial charge in [-0.15, -0.1) is 0 Å². The number of rotatable bonds is 6. The molecule has 20 heavy (non-hydrogen) atoms. The minimum Gasteiger partial charge on any atom is -0.337 e. The first-order valence-corrected chi connectivity index (χ1v) is 7.41. The lowest BCUT2D eigenvalue weighted by Crippen LogP contribution is -2.39. The van der Waals surface area contributed by atoms with Crippen molar-refractivity contribution in [2.75, 3.05) is 6.54 Å². The first kappa shape index (κ1) is 15.9. The van der Waals surface area contributed by atoms with Crippen LogP contribution in [0.5, 0.6) is 0 Å². The maximum absolute atomic E-state index is 11.9. The number of benzene rings is 1. The second kappa shape index (κ2) is 6.85. The number of carbonyl (C=O) groups is 1. The van der Waals surface area contributed by atoms with Gasteiger partial charge in [0.25, 0.3) is 15.7 Å². The number of nitro groups is 1. The number of nitrogens with one attached hydrogen (secondary N) is 2. The lowest BCUT2D eigenvalue weighted by atomic mass is 10.3. The Bertz CT molecular complexity index is 600. The molecule has 0 fully saturated rings. The SMILES string of the molecule is CCCCNC(=O)NS(=O)(=O)c1ccccc1[N+](=O)[O-]. The molecular weight excluding hydrogens is 286 g/mol. The lowest BCUT2D eigenvalue weighted by molar-refractivity contribution is -0.387. The van der Waals surface area contributed by atoms with Gasteiger partial charge in [0.15, 0.2) is 4.90 Å². The number of nitro benzene ring substituents is 1. The van der Waals surface area contributed by atoms with Gasteiger partial charge < -0.3 is 5.32 Å². The van der Waals surface area contributed by atoms with Crippen molar-refractivity contribution in [3.05, 3.63) is 34.4 Å². The average Bonchev–Trinajstić information content (AvgIpc) is 2.38. The Morgan fingerprint density at radius 3 is 2.60 bits per heavy atom. The van der Waals surface area contributed by atoms with Crippen molar-refractivity contribution in [3.63, 3.8) is 0 Å². The van der Waals surface area contributed by atoms with Crippen LogP contribution in [0, 0.1) is 10.1 Å². The van der Waals surface area contributed by atoms with Crippen LogP contribution in [0.15, 0.2) is 29.2 Å². The Balaban J connectivity index is 2.89. The molecule has 0 aliphatic heterocycles. The first-order chi connectivity index (χ1) is 9.38. The number of amides is 2. The van der Waals surface area contributed by atoms with E-state index >= 15 is 0 Å². The Hall–Kier alpha value is -2.16. The molecule has 0 aliphatic carbocycles. The van der Waals surface area contributed by atoms with Crippen LogP contribution >= 0.6 is 0 Å². The Morgan fingerprint density at radius 2 is 2.00 bits per heavy atom. The van der Waals surface area contributed by atoms with Crippen molar-refractivity contribution in [3.8, 4) is 0 Å². The van der Waals surface area contributed by atoms with Gasteiger partial charge in [-0.25, -0.2) is 17.9 Å². The number of carbonyl (C=O) groups excluding carboxylic acids is 1. The average molecular weight is 301 g/mol. The topological polar surface area (TPSA) is 118 Å². The molecule has 2 amide bonds. The largest absolute Gasteiger partial charge is 0.337 e. The molecule has 1 aromatic rings. The zero-order valence-electron chi connectivity index (χ0n) is 10.8. The molecular formula is C11H15N3O5S. The molecule has 0 aromatic heterocycles. The summed E-state index contributed by atoms with van der Waals surface area (Å²) in [6.07, 6.45) is 1.55. The highest BCUT2D eigenvalue weighted by atomic mass is 32.2. The van der Waals surface area contributed by atoms with Crippen LogP contribution in [0.1, 0.15) is 19.8 Å². The molecule has 0 atom stereocenters. The Kier molecular flexibility index (Phi) is 5.44. The summed E-state index contributed by atoms with van der Waals surface area (Å²) in [4.78, 5) is 20.8. The maximum Gasteiger partial charge on any atom is 0.328 e. The van der Waals surface area contributed by atoms with E-state index in [2.05, 4.69) is 5.32 Å². The summed E-state index contributed by atoms with van der Waals surface area (Å²) >= 11 is 0. The summed E-state index contributed by atoms with van der Waals surface area (Å²) in [5.74, 6) is 0. The molecule has 0 spiro atoms. The van der Waals surface area contributed by atoms with Crippen LogP contribution in [0.3, 0.4) is 0 Å². The summed E-state index contributed by atoms with van der Waals surface area (Å²) in [6, 6.07) is 3.91. The molecule has 0 aliphatic rings. The van der Waals surface area contributed by atoms with Gasteiger partial charge in [0.05, 0.1) is 4.92 Å². The van der Waals surface area contributed by atoms with E-state index in [0.717, 1.165) is 18.6 Å². The standard InChI is InChI=1S/C11H15N3O5S/c1-2-3-8-12-11(15)13-20(18,19)10-7-5-4-6-9(10)14(16)17/h4-7H,2-3,8H2,1H3,(H2,12,13,15). The molecule has 8 nitrogen and oxygen atoms in total. The normalized spacial score (nSPS) is 10.8. The van der Waals surface area contributed by atoms with E-state index in [1.165, 1.54) is 12.1 Å². The third-order valence-electron chi connectivity index (χ3n) is 2.39. The van der Waals surface area contributed by atoms with Crippen LogP contribution < -0.4 is 10.0 Å². The molecule has 110 valence electrons. The summed E-state index contributed by atoms with van der Waals surface area (Å²) in [5, 5.41) is 13.1. The predicted octanol–water partition coefficient (Wildman–Crippen LogP) is 1.38. The van der Waals surface area contributed by atoms with Crippen molar-refractivity contribution in [2.24, 2.45) is 0 Å². The van der Waals surface area contributed by atoms with Gasteiger partial charge in [-0.1, -0.05) is 25.5 Å². The summed E-state index contributed by atoms with van der Waals surface area (Å²) < 4.78 is 25.6. The zero-order valence-corrected chi connectivity index (χ0v) is 11.6. The van der Waals surface area contributed by atoms with Crippen molar-refractivity contribution in [1.29, 1.82) is 0 Å². The number of urea groups is 1. The third kappa shape index (κ3) is 4.19. The van der Waals surface area contributed by atoms with Gasteiger partial charge in [-0.2, -0.15) is 0 Å². The maximum atomic E-state index is 11.9. The van der Waals surface area contributed by atoms with E-state index in [9.17, 15) is 23.3 Å². The number of unbranched alkanes of at least 4 members (excludes halogenated alkanes) is 1. The lowest BCUT2D eigenvalue weighted by Gasteiger charge is -2.08. The van der Waals surface area contributed by atoms with E-state index in [0.29, 0.717) is 13.0 Å². The predicted molar refractivity (Wildman–Crippen MR) is 71.7 cm³/mol. The highest BCUT2D eigenvalue weighted by molar-refractivity contribution is 7.90. The highest BCUT2D eigenvalue weighted by Gasteiger charge is 2.26. The van der Waals surface area contributed by atoms with Crippen LogP contribution in [-0.2, 0) is 10.0 Å². The fourth-order valence-electron chi connectivity index (χ4n) is 1.43. The van der Waals surface area contributed by atoms with E-state index in [1.807, 2.05) is 6.92 Å². The Labute approximate surface area is 116 Å². The molecule has 0 unspecified atom stereocenters. The molecule has 9 heteroatoms. The minimum atomic E-state index is -4.28. The van der Waals surface area contributed by atoms with E-state index in [4.69, 9.17) is 0 Å². The third-order valence-corrected chi connectivity index (χ3v) is 3.77. The van der Waals surface area contributed by atoms with E-state index in [1.54, 1.807) is 4.72 Å². The fourth-order valence-corrected chi connectivity index (χ4v) is 2.53. The summed E-state index contributed by atoms with van der Waals surface area (Å²) in [5.41, 5.74) is -0.582. The number of hydrogen-bond donors (Lipinski definition) is 2. The van der Waals surface area contributed by atoms with Crippen LogP contribution in [0.25, 0.3) is 0 Å². The second-order valence-corrected chi connectivity index (χ2v) is 5.59. The minimum absolute atomic E-state index is 0.328. The second-order valence-electron chi connectivity index (χ2n) is 3.94. The van der Waals surface area contributed by atoms with Crippen molar-refractivity contribution in [2.45, 2.75) is 24.7 Å². The molecule has 0 saturated carbocycles. The monoisotopic (exact) mass is 301 g/mol. The molecule has 0 bridgehead atoms. The van der Waals surface area contributed by atoms with Gasteiger partial charge in [0.2, 0.25) is 0 Å². The molecule has 0 radical (unpaired) electrons. The zero-order chi connectivity index (χ0) is 15.2. The van der Waals surface area contributed by atoms with Gasteiger partial charge in [-0.3, -0.25) is 10.1 Å². The summed E-state index contributed by atoms with van der Waals surface area (Å²) in [6.45, 7) is 2.25. The number of hydrogen-bond acceptors (Lipinski definition) is 5. The first-order valence-electron chi connectivity index (χ1n) is 5.92. The summed E-state index contributed by atoms with van der Waals surface area (Å²) in [7, 11) is -4.28. The molecule has 1 rings (SSSR count).